The molecule has 4 rings (SSSR count). The van der Waals surface area contributed by atoms with Gasteiger partial charge in [0.25, 0.3) is 11.8 Å². The van der Waals surface area contributed by atoms with E-state index in [0.29, 0.717) is 0 Å². The summed E-state index contributed by atoms with van der Waals surface area (Å²) in [6.45, 7) is -1.81. The predicted molar refractivity (Wildman–Crippen MR) is 127 cm³/mol. The summed E-state index contributed by atoms with van der Waals surface area (Å²) in [6, 6.07) is -1.15. The van der Waals surface area contributed by atoms with Crippen molar-refractivity contribution >= 4 is 36.6 Å². The van der Waals surface area contributed by atoms with E-state index in [1.807, 2.05) is 0 Å². The Hall–Kier alpha value is -0.840. The normalized spacial score (nSPS) is 25.7. The highest BCUT2D eigenvalue weighted by atomic mass is 35.5. The molecule has 34 heavy (non-hydrogen) atoms. The van der Waals surface area contributed by atoms with Gasteiger partial charge in [0, 0.05) is 0 Å². The number of nitrogens with zero attached hydrogens (tertiary/aromatic N) is 2. The van der Waals surface area contributed by atoms with Gasteiger partial charge in [-0.15, -0.1) is 24.8 Å². The Balaban J connectivity index is 0.000000321. The van der Waals surface area contributed by atoms with E-state index in [1.54, 1.807) is 0 Å². The van der Waals surface area contributed by atoms with E-state index in [0.717, 1.165) is 51.4 Å². The molecule has 2 atom stereocenters. The Morgan fingerprint density at radius 2 is 0.882 bits per heavy atom. The van der Waals surface area contributed by atoms with E-state index in [4.69, 9.17) is 11.5 Å². The smallest absolute Gasteiger partial charge is 0.282 e. The number of hydrogen-bond acceptors (Lipinski definition) is 4. The minimum Gasteiger partial charge on any atom is -0.329 e. The van der Waals surface area contributed by atoms with Crippen molar-refractivity contribution < 1.29 is 27.2 Å². The van der Waals surface area contributed by atoms with E-state index in [-0.39, 0.29) is 48.5 Å². The van der Waals surface area contributed by atoms with Crippen LogP contribution >= 0.6 is 24.8 Å². The van der Waals surface area contributed by atoms with Gasteiger partial charge in [-0.05, 0) is 37.5 Å². The maximum absolute atomic E-state index is 12.6. The first-order chi connectivity index (χ1) is 15.0. The third-order valence-corrected chi connectivity index (χ3v) is 7.20. The highest BCUT2D eigenvalue weighted by molar-refractivity contribution is 5.85. The van der Waals surface area contributed by atoms with Gasteiger partial charge in [-0.2, -0.15) is 0 Å². The van der Waals surface area contributed by atoms with Crippen molar-refractivity contribution in [3.05, 3.63) is 0 Å². The van der Waals surface area contributed by atoms with Crippen LogP contribution in [0.4, 0.5) is 17.6 Å². The van der Waals surface area contributed by atoms with Crippen LogP contribution in [0.15, 0.2) is 0 Å². The molecule has 2 aliphatic heterocycles. The molecule has 0 radical (unpaired) electrons. The molecule has 0 aromatic carbocycles. The van der Waals surface area contributed by atoms with Crippen LogP contribution in [0.2, 0.25) is 0 Å². The second-order valence-corrected chi connectivity index (χ2v) is 9.95. The molecular weight excluding hydrogens is 499 g/mol. The van der Waals surface area contributed by atoms with Crippen LogP contribution in [0.25, 0.3) is 0 Å². The number of nitrogens with two attached hydrogens (primary N) is 2. The van der Waals surface area contributed by atoms with Gasteiger partial charge in [0.15, 0.2) is 0 Å². The fraction of sp³-hybridized carbons (Fsp3) is 0.909. The molecule has 0 aromatic heterocycles. The molecule has 6 nitrogen and oxygen atoms in total. The van der Waals surface area contributed by atoms with E-state index in [2.05, 4.69) is 0 Å². The van der Waals surface area contributed by atoms with Crippen LogP contribution < -0.4 is 11.5 Å². The first kappa shape index (κ1) is 31.2. The fourth-order valence-corrected chi connectivity index (χ4v) is 5.15. The van der Waals surface area contributed by atoms with Crippen LogP contribution in [0.1, 0.15) is 64.2 Å². The summed E-state index contributed by atoms with van der Waals surface area (Å²) in [5.74, 6) is -5.59. The zero-order valence-corrected chi connectivity index (χ0v) is 21.0. The van der Waals surface area contributed by atoms with Crippen molar-refractivity contribution in [3.8, 4) is 0 Å². The second kappa shape index (κ2) is 12.9. The van der Waals surface area contributed by atoms with Crippen molar-refractivity contribution in [1.29, 1.82) is 0 Å². The molecule has 200 valence electrons. The highest BCUT2D eigenvalue weighted by Crippen LogP contribution is 2.32. The first-order valence-electron chi connectivity index (χ1n) is 11.8. The zero-order valence-electron chi connectivity index (χ0n) is 19.4. The van der Waals surface area contributed by atoms with Gasteiger partial charge >= 0.3 is 0 Å². The van der Waals surface area contributed by atoms with Crippen LogP contribution in [0, 0.1) is 11.8 Å². The standard InChI is InChI=1S/2C11H18F2N2O.2ClH/c2*12-11(13)6-15(7-11)10(16)9(14)8-4-2-1-3-5-8;;/h2*8-9H,1-7,14H2;2*1H/t2*9-;;/m00../s1. The number of carbonyl (C=O) groups is 2. The van der Waals surface area contributed by atoms with Gasteiger partial charge in [0.05, 0.1) is 38.3 Å². The summed E-state index contributed by atoms with van der Waals surface area (Å²) in [4.78, 5) is 25.9. The molecule has 0 bridgehead atoms. The Kier molecular flexibility index (Phi) is 11.9. The van der Waals surface area contributed by atoms with Crippen LogP contribution in [-0.2, 0) is 9.59 Å². The number of likely N-dealkylation sites (tertiary alicyclic amines) is 2. The number of carbonyl (C=O) groups excluding carboxylic acids is 2. The summed E-state index contributed by atoms with van der Waals surface area (Å²) >= 11 is 0. The average Bonchev–Trinajstić information content (AvgIpc) is 2.75. The van der Waals surface area contributed by atoms with Crippen molar-refractivity contribution in [3.63, 3.8) is 0 Å². The van der Waals surface area contributed by atoms with Crippen molar-refractivity contribution in [2.75, 3.05) is 26.2 Å². The molecule has 0 spiro atoms. The number of rotatable bonds is 4. The molecule has 2 aliphatic carbocycles. The number of alkyl halides is 4. The van der Waals surface area contributed by atoms with Crippen molar-refractivity contribution in [1.82, 2.24) is 9.80 Å². The van der Waals surface area contributed by atoms with E-state index in [1.165, 1.54) is 22.6 Å². The molecule has 12 heteroatoms. The number of halogens is 6. The fourth-order valence-electron chi connectivity index (χ4n) is 5.15. The second-order valence-electron chi connectivity index (χ2n) is 9.95. The van der Waals surface area contributed by atoms with Gasteiger partial charge in [0.2, 0.25) is 11.8 Å². The number of hydrogen-bond donors (Lipinski definition) is 2. The number of amides is 2. The molecule has 0 unspecified atom stereocenters. The minimum atomic E-state index is -2.69. The van der Waals surface area contributed by atoms with Gasteiger partial charge < -0.3 is 21.3 Å². The lowest BCUT2D eigenvalue weighted by Crippen LogP contribution is -2.62. The van der Waals surface area contributed by atoms with E-state index >= 15 is 0 Å². The molecule has 0 aromatic rings. The Morgan fingerprint density at radius 1 is 0.618 bits per heavy atom. The van der Waals surface area contributed by atoms with Crippen LogP contribution in [-0.4, -0.2) is 71.7 Å². The topological polar surface area (TPSA) is 92.7 Å². The maximum Gasteiger partial charge on any atom is 0.282 e. The van der Waals surface area contributed by atoms with Gasteiger partial charge in [-0.25, -0.2) is 17.6 Å². The third kappa shape index (κ3) is 8.10. The van der Waals surface area contributed by atoms with E-state index < -0.39 is 50.1 Å². The molecule has 4 fully saturated rings. The molecular formula is C22H38Cl2F4N4O2. The summed E-state index contributed by atoms with van der Waals surface area (Å²) in [6.07, 6.45) is 10.6. The Morgan fingerprint density at radius 3 is 1.12 bits per heavy atom. The Bertz CT molecular complexity index is 605. The van der Waals surface area contributed by atoms with Crippen molar-refractivity contribution in [2.24, 2.45) is 23.3 Å². The zero-order chi connectivity index (χ0) is 23.5. The summed E-state index contributed by atoms with van der Waals surface area (Å²) < 4.78 is 50.5. The van der Waals surface area contributed by atoms with Gasteiger partial charge in [-0.1, -0.05) is 38.5 Å². The molecule has 4 aliphatic rings. The lowest BCUT2D eigenvalue weighted by Gasteiger charge is -2.41. The van der Waals surface area contributed by atoms with E-state index in [9.17, 15) is 27.2 Å². The van der Waals surface area contributed by atoms with Crippen molar-refractivity contribution in [2.45, 2.75) is 88.1 Å². The third-order valence-electron chi connectivity index (χ3n) is 7.20. The largest absolute Gasteiger partial charge is 0.329 e. The summed E-state index contributed by atoms with van der Waals surface area (Å²) in [5.41, 5.74) is 11.7. The van der Waals surface area contributed by atoms with Gasteiger partial charge in [-0.3, -0.25) is 9.59 Å². The van der Waals surface area contributed by atoms with Crippen LogP contribution in [0.5, 0.6) is 0 Å². The van der Waals surface area contributed by atoms with Gasteiger partial charge in [0.1, 0.15) is 0 Å². The molecule has 2 heterocycles. The summed E-state index contributed by atoms with van der Waals surface area (Å²) in [5, 5.41) is 0. The summed E-state index contributed by atoms with van der Waals surface area (Å²) in [7, 11) is 0. The molecule has 2 amide bonds. The van der Waals surface area contributed by atoms with Crippen LogP contribution in [0.3, 0.4) is 0 Å². The predicted octanol–water partition coefficient (Wildman–Crippen LogP) is 3.59. The molecule has 2 saturated heterocycles. The minimum absolute atomic E-state index is 0. The molecule has 2 saturated carbocycles. The lowest BCUT2D eigenvalue weighted by molar-refractivity contribution is -0.168. The highest BCUT2D eigenvalue weighted by Gasteiger charge is 2.48. The SMILES string of the molecule is Cl.Cl.N[C@H](C(=O)N1CC(F)(F)C1)C1CCCCC1.N[C@H](C(=O)N1CC(F)(F)C1)C1CCCCC1. The average molecular weight is 537 g/mol. The molecule has 4 N–H and O–H groups in total. The Labute approximate surface area is 211 Å². The maximum atomic E-state index is 12.6. The quantitative estimate of drug-likeness (QED) is 0.537. The lowest BCUT2D eigenvalue weighted by atomic mass is 9.83. The monoisotopic (exact) mass is 536 g/mol. The first-order valence-corrected chi connectivity index (χ1v) is 11.8.